The van der Waals surface area contributed by atoms with E-state index >= 15 is 0 Å². The Kier molecular flexibility index (Phi) is 8.50. The largest absolute Gasteiger partial charge is 0.387 e. The van der Waals surface area contributed by atoms with Crippen LogP contribution in [0.5, 0.6) is 0 Å². The Labute approximate surface area is 196 Å². The molecule has 0 atom stereocenters. The number of rotatable bonds is 6. The fourth-order valence-corrected chi connectivity index (χ4v) is 2.26. The Morgan fingerprint density at radius 2 is 0.706 bits per heavy atom. The topological polar surface area (TPSA) is 124 Å². The van der Waals surface area contributed by atoms with Crippen LogP contribution in [0.1, 0.15) is 83.0 Å². The number of hydrogen-bond donors (Lipinski definition) is 0. The van der Waals surface area contributed by atoms with Gasteiger partial charge in [0, 0.05) is 0 Å². The quantitative estimate of drug-likeness (QED) is 0.440. The Morgan fingerprint density at radius 1 is 0.471 bits per heavy atom. The van der Waals surface area contributed by atoms with Crippen LogP contribution in [0.15, 0.2) is 48.5 Å². The van der Waals surface area contributed by atoms with Crippen LogP contribution in [0.2, 0.25) is 0 Å². The van der Waals surface area contributed by atoms with Crippen LogP contribution in [-0.4, -0.2) is 35.1 Å². The van der Waals surface area contributed by atoms with Crippen molar-refractivity contribution in [2.75, 3.05) is 0 Å². The molecule has 182 valence electrons. The molecule has 0 aliphatic carbocycles. The molecule has 2 rings (SSSR count). The van der Waals surface area contributed by atoms with Crippen LogP contribution < -0.4 is 0 Å². The summed E-state index contributed by atoms with van der Waals surface area (Å²) in [6.45, 7) is 10.0. The monoisotopic (exact) mass is 474 g/mol. The van der Waals surface area contributed by atoms with Crippen LogP contribution in [0.4, 0.5) is 0 Å². The molecule has 0 radical (unpaired) electrons. The van der Waals surface area contributed by atoms with Crippen LogP contribution in [-0.2, 0) is 29.3 Å². The fourth-order valence-electron chi connectivity index (χ4n) is 2.26. The highest BCUT2D eigenvalue weighted by atomic mass is 17.2. The first-order valence-corrected chi connectivity index (χ1v) is 10.2. The highest BCUT2D eigenvalue weighted by molar-refractivity contribution is 6.04. The standard InChI is InChI=1S/C24H26O10/c1-23(2,3)33-31-21(27)17-13-9-7-11-15(17)19(25)29-30-20(26)16-12-8-10-14-18(16)22(28)32-34-24(4,5)6/h7-14H,1-6H3. The zero-order valence-electron chi connectivity index (χ0n) is 19.7. The zero-order valence-corrected chi connectivity index (χ0v) is 19.7. The summed E-state index contributed by atoms with van der Waals surface area (Å²) in [5.41, 5.74) is -2.35. The Hall–Kier alpha value is -3.76. The highest BCUT2D eigenvalue weighted by Gasteiger charge is 2.26. The van der Waals surface area contributed by atoms with Gasteiger partial charge in [-0.1, -0.05) is 24.3 Å². The summed E-state index contributed by atoms with van der Waals surface area (Å²) < 4.78 is 0. The first-order chi connectivity index (χ1) is 15.8. The maximum absolute atomic E-state index is 12.5. The molecule has 2 aromatic carbocycles. The van der Waals surface area contributed by atoms with Crippen molar-refractivity contribution < 1.29 is 48.5 Å². The molecule has 0 aromatic heterocycles. The van der Waals surface area contributed by atoms with Crippen LogP contribution >= 0.6 is 0 Å². The molecule has 0 saturated heterocycles. The minimum Gasteiger partial charge on any atom is -0.292 e. The second-order valence-electron chi connectivity index (χ2n) is 8.97. The van der Waals surface area contributed by atoms with Gasteiger partial charge >= 0.3 is 23.9 Å². The molecule has 2 aromatic rings. The maximum Gasteiger partial charge on any atom is 0.387 e. The first-order valence-electron chi connectivity index (χ1n) is 10.2. The summed E-state index contributed by atoms with van der Waals surface area (Å²) >= 11 is 0. The molecule has 0 fully saturated rings. The van der Waals surface area contributed by atoms with Gasteiger partial charge < -0.3 is 0 Å². The molecule has 10 nitrogen and oxygen atoms in total. The van der Waals surface area contributed by atoms with E-state index in [0.29, 0.717) is 0 Å². The van der Waals surface area contributed by atoms with E-state index in [1.165, 1.54) is 48.5 Å². The average Bonchev–Trinajstić information content (AvgIpc) is 2.78. The van der Waals surface area contributed by atoms with Gasteiger partial charge in [-0.15, -0.1) is 0 Å². The van der Waals surface area contributed by atoms with Crippen molar-refractivity contribution in [1.82, 2.24) is 0 Å². The van der Waals surface area contributed by atoms with Gasteiger partial charge in [-0.05, 0) is 65.8 Å². The van der Waals surface area contributed by atoms with Gasteiger partial charge in [0.25, 0.3) is 0 Å². The van der Waals surface area contributed by atoms with Crippen molar-refractivity contribution in [3.05, 3.63) is 70.8 Å². The van der Waals surface area contributed by atoms with Crippen molar-refractivity contribution in [2.24, 2.45) is 0 Å². The van der Waals surface area contributed by atoms with E-state index < -0.39 is 35.1 Å². The van der Waals surface area contributed by atoms with Gasteiger partial charge in [0.1, 0.15) is 11.2 Å². The third-order valence-corrected chi connectivity index (χ3v) is 3.66. The van der Waals surface area contributed by atoms with Crippen molar-refractivity contribution in [3.8, 4) is 0 Å². The van der Waals surface area contributed by atoms with E-state index in [-0.39, 0.29) is 22.3 Å². The molecule has 0 unspecified atom stereocenters. The van der Waals surface area contributed by atoms with Crippen molar-refractivity contribution in [2.45, 2.75) is 52.7 Å². The number of carbonyl (C=O) groups is 4. The maximum atomic E-state index is 12.5. The lowest BCUT2D eigenvalue weighted by Crippen LogP contribution is -2.24. The number of benzene rings is 2. The van der Waals surface area contributed by atoms with E-state index in [1.807, 2.05) is 0 Å². The van der Waals surface area contributed by atoms with E-state index in [2.05, 4.69) is 9.78 Å². The molecule has 34 heavy (non-hydrogen) atoms. The molecule has 0 bridgehead atoms. The average molecular weight is 474 g/mol. The molecule has 0 spiro atoms. The van der Waals surface area contributed by atoms with Crippen LogP contribution in [0.25, 0.3) is 0 Å². The fraction of sp³-hybridized carbons (Fsp3) is 0.333. The number of hydrogen-bond acceptors (Lipinski definition) is 10. The SMILES string of the molecule is CC(C)(C)OOC(=O)c1ccccc1C(=O)OOC(=O)c1ccccc1C(=O)OOC(C)(C)C. The first kappa shape index (κ1) is 26.5. The van der Waals surface area contributed by atoms with Gasteiger partial charge in [0.05, 0.1) is 22.3 Å². The summed E-state index contributed by atoms with van der Waals surface area (Å²) in [6.07, 6.45) is 0. The highest BCUT2D eigenvalue weighted by Crippen LogP contribution is 2.17. The molecule has 0 aliphatic rings. The van der Waals surface area contributed by atoms with E-state index in [1.54, 1.807) is 41.5 Å². The predicted molar refractivity (Wildman–Crippen MR) is 116 cm³/mol. The third-order valence-electron chi connectivity index (χ3n) is 3.66. The van der Waals surface area contributed by atoms with Crippen molar-refractivity contribution >= 4 is 23.9 Å². The van der Waals surface area contributed by atoms with Crippen molar-refractivity contribution in [1.29, 1.82) is 0 Å². The molecule has 10 heteroatoms. The van der Waals surface area contributed by atoms with Gasteiger partial charge in [0.15, 0.2) is 0 Å². The Balaban J connectivity index is 2.10. The molecule has 0 N–H and O–H groups in total. The van der Waals surface area contributed by atoms with Crippen molar-refractivity contribution in [3.63, 3.8) is 0 Å². The summed E-state index contributed by atoms with van der Waals surface area (Å²) in [6, 6.07) is 11.1. The molecule has 0 heterocycles. The lowest BCUT2D eigenvalue weighted by atomic mass is 10.1. The summed E-state index contributed by atoms with van der Waals surface area (Å²) in [4.78, 5) is 78.2. The Bertz CT molecular complexity index is 974. The minimum absolute atomic E-state index is 0.170. The van der Waals surface area contributed by atoms with E-state index in [4.69, 9.17) is 19.6 Å². The van der Waals surface area contributed by atoms with Crippen LogP contribution in [0, 0.1) is 0 Å². The van der Waals surface area contributed by atoms with E-state index in [0.717, 1.165) is 0 Å². The normalized spacial score (nSPS) is 11.4. The van der Waals surface area contributed by atoms with Gasteiger partial charge in [-0.25, -0.2) is 29.0 Å². The van der Waals surface area contributed by atoms with Gasteiger partial charge in [0.2, 0.25) is 0 Å². The molecular formula is C24H26O10. The summed E-state index contributed by atoms with van der Waals surface area (Å²) in [7, 11) is 0. The number of carbonyl (C=O) groups excluding carboxylic acids is 4. The smallest absolute Gasteiger partial charge is 0.292 e. The molecule has 0 amide bonds. The predicted octanol–water partition coefficient (Wildman–Crippen LogP) is 4.39. The summed E-state index contributed by atoms with van der Waals surface area (Å²) in [5, 5.41) is 0. The second kappa shape index (κ2) is 10.9. The Morgan fingerprint density at radius 3 is 0.941 bits per heavy atom. The van der Waals surface area contributed by atoms with Gasteiger partial charge in [-0.2, -0.15) is 9.78 Å². The third kappa shape index (κ3) is 7.98. The zero-order chi connectivity index (χ0) is 25.5. The second-order valence-corrected chi connectivity index (χ2v) is 8.97. The lowest BCUT2D eigenvalue weighted by molar-refractivity contribution is -0.301. The molecular weight excluding hydrogens is 448 g/mol. The minimum atomic E-state index is -1.15. The molecule has 0 aliphatic heterocycles. The van der Waals surface area contributed by atoms with Crippen LogP contribution in [0.3, 0.4) is 0 Å². The van der Waals surface area contributed by atoms with Gasteiger partial charge in [-0.3, -0.25) is 9.78 Å². The lowest BCUT2D eigenvalue weighted by Gasteiger charge is -2.17. The van der Waals surface area contributed by atoms with E-state index in [9.17, 15) is 19.2 Å². The summed E-state index contributed by atoms with van der Waals surface area (Å²) in [5.74, 6) is -4.18. The molecule has 0 saturated carbocycles.